The van der Waals surface area contributed by atoms with Crippen LogP contribution in [0.5, 0.6) is 0 Å². The molecular weight excluding hydrogens is 162 g/mol. The third kappa shape index (κ3) is 2.29. The van der Waals surface area contributed by atoms with E-state index in [1.165, 1.54) is 16.7 Å². The Morgan fingerprint density at radius 3 is 2.62 bits per heavy atom. The van der Waals surface area contributed by atoms with Gasteiger partial charge in [-0.05, 0) is 32.0 Å². The molecule has 0 aliphatic rings. The first-order valence-corrected chi connectivity index (χ1v) is 4.54. The van der Waals surface area contributed by atoms with Gasteiger partial charge in [-0.2, -0.15) is 0 Å². The Labute approximate surface area is 79.6 Å². The molecule has 0 amide bonds. The zero-order valence-corrected chi connectivity index (χ0v) is 8.46. The summed E-state index contributed by atoms with van der Waals surface area (Å²) in [6.45, 7) is 4.27. The van der Waals surface area contributed by atoms with Crippen molar-refractivity contribution in [2.24, 2.45) is 0 Å². The highest BCUT2D eigenvalue weighted by Crippen LogP contribution is 2.18. The Bertz CT molecular complexity index is 279. The number of hydrogen-bond acceptors (Lipinski definition) is 2. The highest BCUT2D eigenvalue weighted by molar-refractivity contribution is 5.32. The maximum atomic E-state index is 9.13. The summed E-state index contributed by atoms with van der Waals surface area (Å²) in [7, 11) is 1.86. The van der Waals surface area contributed by atoms with Crippen molar-refractivity contribution < 1.29 is 5.11 Å². The Kier molecular flexibility index (Phi) is 3.46. The molecule has 1 aromatic rings. The van der Waals surface area contributed by atoms with Gasteiger partial charge >= 0.3 is 0 Å². The molecular formula is C11H17NO. The average Bonchev–Trinajstić information content (AvgIpc) is 2.13. The molecule has 0 aliphatic heterocycles. The molecule has 72 valence electrons. The largest absolute Gasteiger partial charge is 0.394 e. The van der Waals surface area contributed by atoms with Gasteiger partial charge in [0.25, 0.3) is 0 Å². The van der Waals surface area contributed by atoms with E-state index >= 15 is 0 Å². The second-order valence-electron chi connectivity index (χ2n) is 3.38. The predicted molar refractivity (Wildman–Crippen MR) is 54.8 cm³/mol. The van der Waals surface area contributed by atoms with E-state index in [-0.39, 0.29) is 12.6 Å². The molecule has 1 aromatic carbocycles. The van der Waals surface area contributed by atoms with Crippen molar-refractivity contribution in [2.45, 2.75) is 19.9 Å². The third-order valence-electron chi connectivity index (χ3n) is 2.34. The highest BCUT2D eigenvalue weighted by Gasteiger charge is 2.09. The molecule has 0 saturated carbocycles. The Balaban J connectivity index is 3.03. The van der Waals surface area contributed by atoms with Crippen LogP contribution in [0.1, 0.15) is 22.7 Å². The van der Waals surface area contributed by atoms with Crippen LogP contribution in [0.4, 0.5) is 0 Å². The summed E-state index contributed by atoms with van der Waals surface area (Å²) in [5.41, 5.74) is 3.64. The SMILES string of the molecule is CNC(CO)c1cc(C)ccc1C. The van der Waals surface area contributed by atoms with Gasteiger partial charge in [0.1, 0.15) is 0 Å². The van der Waals surface area contributed by atoms with E-state index in [1.54, 1.807) is 0 Å². The fraction of sp³-hybridized carbons (Fsp3) is 0.455. The minimum Gasteiger partial charge on any atom is -0.394 e. The zero-order chi connectivity index (χ0) is 9.84. The minimum atomic E-state index is 0.0555. The van der Waals surface area contributed by atoms with Crippen molar-refractivity contribution in [3.8, 4) is 0 Å². The van der Waals surface area contributed by atoms with Gasteiger partial charge in [0, 0.05) is 0 Å². The lowest BCUT2D eigenvalue weighted by atomic mass is 9.99. The second kappa shape index (κ2) is 4.40. The summed E-state index contributed by atoms with van der Waals surface area (Å²) in [4.78, 5) is 0. The van der Waals surface area contributed by atoms with Crippen molar-refractivity contribution in [1.82, 2.24) is 5.32 Å². The van der Waals surface area contributed by atoms with Crippen molar-refractivity contribution in [1.29, 1.82) is 0 Å². The predicted octanol–water partition coefficient (Wildman–Crippen LogP) is 1.56. The minimum absolute atomic E-state index is 0.0555. The first-order chi connectivity index (χ1) is 6.19. The molecule has 0 aliphatic carbocycles. The fourth-order valence-electron chi connectivity index (χ4n) is 1.48. The van der Waals surface area contributed by atoms with Gasteiger partial charge in [-0.15, -0.1) is 0 Å². The van der Waals surface area contributed by atoms with Gasteiger partial charge in [0.15, 0.2) is 0 Å². The van der Waals surface area contributed by atoms with E-state index in [0.29, 0.717) is 0 Å². The molecule has 13 heavy (non-hydrogen) atoms. The summed E-state index contributed by atoms with van der Waals surface area (Å²) < 4.78 is 0. The number of aliphatic hydroxyl groups excluding tert-OH is 1. The Morgan fingerprint density at radius 2 is 2.08 bits per heavy atom. The number of hydrogen-bond donors (Lipinski definition) is 2. The number of aliphatic hydroxyl groups is 1. The van der Waals surface area contributed by atoms with E-state index in [0.717, 1.165) is 0 Å². The van der Waals surface area contributed by atoms with Crippen LogP contribution in [-0.2, 0) is 0 Å². The second-order valence-corrected chi connectivity index (χ2v) is 3.38. The molecule has 0 aromatic heterocycles. The van der Waals surface area contributed by atoms with Crippen molar-refractivity contribution in [3.63, 3.8) is 0 Å². The van der Waals surface area contributed by atoms with Crippen molar-refractivity contribution in [2.75, 3.05) is 13.7 Å². The Morgan fingerprint density at radius 1 is 1.38 bits per heavy atom. The molecule has 0 spiro atoms. The summed E-state index contributed by atoms with van der Waals surface area (Å²) in [6.07, 6.45) is 0. The summed E-state index contributed by atoms with van der Waals surface area (Å²) in [5.74, 6) is 0. The molecule has 1 rings (SSSR count). The smallest absolute Gasteiger partial charge is 0.0626 e. The van der Waals surface area contributed by atoms with E-state index in [4.69, 9.17) is 5.11 Å². The van der Waals surface area contributed by atoms with E-state index in [1.807, 2.05) is 7.05 Å². The first-order valence-electron chi connectivity index (χ1n) is 4.54. The molecule has 0 radical (unpaired) electrons. The van der Waals surface area contributed by atoms with Gasteiger partial charge in [-0.3, -0.25) is 0 Å². The molecule has 2 heteroatoms. The standard InChI is InChI=1S/C11H17NO/c1-8-4-5-9(2)10(6-8)11(7-13)12-3/h4-6,11-13H,7H2,1-3H3. The Hall–Kier alpha value is -0.860. The lowest BCUT2D eigenvalue weighted by Crippen LogP contribution is -2.20. The summed E-state index contributed by atoms with van der Waals surface area (Å²) in [5, 5.41) is 12.2. The number of aryl methyl sites for hydroxylation is 2. The number of nitrogens with one attached hydrogen (secondary N) is 1. The molecule has 0 heterocycles. The maximum Gasteiger partial charge on any atom is 0.0626 e. The van der Waals surface area contributed by atoms with Gasteiger partial charge in [0.2, 0.25) is 0 Å². The zero-order valence-electron chi connectivity index (χ0n) is 8.46. The van der Waals surface area contributed by atoms with Gasteiger partial charge in [0.05, 0.1) is 12.6 Å². The van der Waals surface area contributed by atoms with E-state index < -0.39 is 0 Å². The highest BCUT2D eigenvalue weighted by atomic mass is 16.3. The molecule has 2 nitrogen and oxygen atoms in total. The monoisotopic (exact) mass is 179 g/mol. The van der Waals surface area contributed by atoms with Gasteiger partial charge < -0.3 is 10.4 Å². The molecule has 0 fully saturated rings. The number of rotatable bonds is 3. The fourth-order valence-corrected chi connectivity index (χ4v) is 1.48. The van der Waals surface area contributed by atoms with Crippen LogP contribution in [-0.4, -0.2) is 18.8 Å². The number of likely N-dealkylation sites (N-methyl/N-ethyl adjacent to an activating group) is 1. The molecule has 1 unspecified atom stereocenters. The van der Waals surface area contributed by atoms with E-state index in [9.17, 15) is 0 Å². The molecule has 2 N–H and O–H groups in total. The van der Waals surface area contributed by atoms with Crippen LogP contribution in [0.25, 0.3) is 0 Å². The van der Waals surface area contributed by atoms with Gasteiger partial charge in [-0.25, -0.2) is 0 Å². The maximum absolute atomic E-state index is 9.13. The summed E-state index contributed by atoms with van der Waals surface area (Å²) in [6, 6.07) is 6.35. The van der Waals surface area contributed by atoms with Crippen molar-refractivity contribution >= 4 is 0 Å². The summed E-state index contributed by atoms with van der Waals surface area (Å²) >= 11 is 0. The topological polar surface area (TPSA) is 32.3 Å². The lowest BCUT2D eigenvalue weighted by Gasteiger charge is -2.16. The molecule has 1 atom stereocenters. The normalized spacial score (nSPS) is 12.9. The van der Waals surface area contributed by atoms with Crippen molar-refractivity contribution in [3.05, 3.63) is 34.9 Å². The third-order valence-corrected chi connectivity index (χ3v) is 2.34. The van der Waals surface area contributed by atoms with Crippen LogP contribution in [0, 0.1) is 13.8 Å². The quantitative estimate of drug-likeness (QED) is 0.738. The van der Waals surface area contributed by atoms with Crippen LogP contribution >= 0.6 is 0 Å². The van der Waals surface area contributed by atoms with Crippen LogP contribution in [0.2, 0.25) is 0 Å². The molecule has 0 saturated heterocycles. The molecule has 0 bridgehead atoms. The van der Waals surface area contributed by atoms with Crippen LogP contribution in [0.15, 0.2) is 18.2 Å². The van der Waals surface area contributed by atoms with Gasteiger partial charge in [-0.1, -0.05) is 23.8 Å². The lowest BCUT2D eigenvalue weighted by molar-refractivity contribution is 0.250. The number of benzene rings is 1. The van der Waals surface area contributed by atoms with Crippen LogP contribution in [0.3, 0.4) is 0 Å². The van der Waals surface area contributed by atoms with Crippen LogP contribution < -0.4 is 5.32 Å². The first kappa shape index (κ1) is 10.2. The van der Waals surface area contributed by atoms with E-state index in [2.05, 4.69) is 37.4 Å². The average molecular weight is 179 g/mol.